The second-order valence-electron chi connectivity index (χ2n) is 4.46. The van der Waals surface area contributed by atoms with Crippen molar-refractivity contribution in [1.29, 1.82) is 0 Å². The van der Waals surface area contributed by atoms with E-state index in [1.54, 1.807) is 6.07 Å². The van der Waals surface area contributed by atoms with Crippen molar-refractivity contribution >= 4 is 12.4 Å². The van der Waals surface area contributed by atoms with E-state index in [1.807, 2.05) is 0 Å². The molecule has 0 aliphatic carbocycles. The van der Waals surface area contributed by atoms with Crippen LogP contribution in [0.2, 0.25) is 0 Å². The summed E-state index contributed by atoms with van der Waals surface area (Å²) in [7, 11) is 1.54. The molecule has 0 unspecified atom stereocenters. The van der Waals surface area contributed by atoms with Crippen LogP contribution in [0.15, 0.2) is 18.2 Å². The van der Waals surface area contributed by atoms with Gasteiger partial charge in [-0.15, -0.1) is 12.4 Å². The summed E-state index contributed by atoms with van der Waals surface area (Å²) in [6, 6.07) is 4.43. The fourth-order valence-electron chi connectivity index (χ4n) is 1.66. The number of hydrogen-bond donors (Lipinski definition) is 1. The Hall–Kier alpha value is -0.800. The molecule has 0 saturated heterocycles. The number of halogens is 2. The Morgan fingerprint density at radius 1 is 1.29 bits per heavy atom. The Labute approximate surface area is 109 Å². The molecule has 0 saturated carbocycles. The fraction of sp³-hybridized carbons (Fsp3) is 0.538. The van der Waals surface area contributed by atoms with Gasteiger partial charge in [0, 0.05) is 17.7 Å². The smallest absolute Gasteiger partial charge is 0.126 e. The number of benzene rings is 1. The zero-order valence-electron chi connectivity index (χ0n) is 10.6. The Bertz CT molecular complexity index is 344. The molecular weight excluding hydrogens is 241 g/mol. The first-order valence-electron chi connectivity index (χ1n) is 5.63. The van der Waals surface area contributed by atoms with Crippen LogP contribution in [0, 0.1) is 11.7 Å². The lowest BCUT2D eigenvalue weighted by Crippen LogP contribution is -2.12. The highest BCUT2D eigenvalue weighted by molar-refractivity contribution is 5.85. The van der Waals surface area contributed by atoms with Gasteiger partial charge < -0.3 is 10.5 Å². The molecule has 4 heteroatoms. The summed E-state index contributed by atoms with van der Waals surface area (Å²) in [5.41, 5.74) is 6.95. The maximum Gasteiger partial charge on any atom is 0.126 e. The minimum Gasteiger partial charge on any atom is -0.496 e. The van der Waals surface area contributed by atoms with Crippen LogP contribution in [0.4, 0.5) is 4.39 Å². The molecular formula is C13H21ClFNO. The molecule has 0 bridgehead atoms. The first-order chi connectivity index (χ1) is 7.54. The van der Waals surface area contributed by atoms with Gasteiger partial charge in [-0.05, 0) is 24.8 Å². The zero-order valence-corrected chi connectivity index (χ0v) is 11.4. The molecule has 0 amide bonds. The Morgan fingerprint density at radius 3 is 2.47 bits per heavy atom. The number of hydrogen-bond acceptors (Lipinski definition) is 2. The minimum atomic E-state index is -0.295. The predicted molar refractivity (Wildman–Crippen MR) is 71.2 cm³/mol. The molecule has 1 atom stereocenters. The molecule has 98 valence electrons. The molecule has 0 aromatic heterocycles. The minimum absolute atomic E-state index is 0. The predicted octanol–water partition coefficient (Wildman–Crippen LogP) is 3.69. The fourth-order valence-corrected chi connectivity index (χ4v) is 1.66. The first-order valence-corrected chi connectivity index (χ1v) is 5.63. The molecule has 0 heterocycles. The summed E-state index contributed by atoms with van der Waals surface area (Å²) in [5, 5.41) is 0. The number of methoxy groups -OCH3 is 1. The third kappa shape index (κ3) is 4.92. The molecule has 0 aliphatic rings. The van der Waals surface area contributed by atoms with Crippen LogP contribution in [0.25, 0.3) is 0 Å². The second kappa shape index (κ2) is 7.51. The highest BCUT2D eigenvalue weighted by Gasteiger charge is 2.13. The van der Waals surface area contributed by atoms with Gasteiger partial charge in [0.05, 0.1) is 7.11 Å². The van der Waals surface area contributed by atoms with Gasteiger partial charge in [0.1, 0.15) is 11.6 Å². The van der Waals surface area contributed by atoms with E-state index in [9.17, 15) is 4.39 Å². The van der Waals surface area contributed by atoms with Crippen LogP contribution >= 0.6 is 12.4 Å². The van der Waals surface area contributed by atoms with Crippen molar-refractivity contribution < 1.29 is 9.13 Å². The monoisotopic (exact) mass is 261 g/mol. The van der Waals surface area contributed by atoms with E-state index in [0.717, 1.165) is 18.4 Å². The van der Waals surface area contributed by atoms with Crippen molar-refractivity contribution in [2.75, 3.05) is 7.11 Å². The lowest BCUT2D eigenvalue weighted by Gasteiger charge is -2.16. The largest absolute Gasteiger partial charge is 0.496 e. The molecule has 17 heavy (non-hydrogen) atoms. The van der Waals surface area contributed by atoms with Gasteiger partial charge in [0.25, 0.3) is 0 Å². The Morgan fingerprint density at radius 2 is 1.94 bits per heavy atom. The highest BCUT2D eigenvalue weighted by atomic mass is 35.5. The maximum atomic E-state index is 13.0. The standard InChI is InChI=1S/C13H20FNO.ClH/c1-9(2)4-7-12(15)11-6-5-10(14)8-13(11)16-3;/h5-6,8-9,12H,4,7,15H2,1-3H3;1H/t12-;/m1./s1. The van der Waals surface area contributed by atoms with Crippen LogP contribution in [0.3, 0.4) is 0 Å². The number of ether oxygens (including phenoxy) is 1. The third-order valence-corrected chi connectivity index (χ3v) is 2.65. The van der Waals surface area contributed by atoms with Crippen LogP contribution in [0.1, 0.15) is 38.3 Å². The maximum absolute atomic E-state index is 13.0. The third-order valence-electron chi connectivity index (χ3n) is 2.65. The SMILES string of the molecule is COc1cc(F)ccc1[C@H](N)CCC(C)C.Cl. The van der Waals surface area contributed by atoms with E-state index in [0.29, 0.717) is 11.7 Å². The average Bonchev–Trinajstić information content (AvgIpc) is 2.25. The van der Waals surface area contributed by atoms with Gasteiger partial charge in [-0.2, -0.15) is 0 Å². The van der Waals surface area contributed by atoms with E-state index < -0.39 is 0 Å². The van der Waals surface area contributed by atoms with E-state index in [1.165, 1.54) is 19.2 Å². The molecule has 2 nitrogen and oxygen atoms in total. The normalized spacial score (nSPS) is 12.1. The van der Waals surface area contributed by atoms with E-state index in [-0.39, 0.29) is 24.3 Å². The van der Waals surface area contributed by atoms with E-state index in [4.69, 9.17) is 10.5 Å². The van der Waals surface area contributed by atoms with Crippen molar-refractivity contribution in [1.82, 2.24) is 0 Å². The molecule has 1 aromatic rings. The van der Waals surface area contributed by atoms with Crippen LogP contribution in [0.5, 0.6) is 5.75 Å². The van der Waals surface area contributed by atoms with Crippen molar-refractivity contribution in [3.63, 3.8) is 0 Å². The highest BCUT2D eigenvalue weighted by Crippen LogP contribution is 2.28. The van der Waals surface area contributed by atoms with Gasteiger partial charge in [0.2, 0.25) is 0 Å². The summed E-state index contributed by atoms with van der Waals surface area (Å²) in [4.78, 5) is 0. The lowest BCUT2D eigenvalue weighted by atomic mass is 9.97. The van der Waals surface area contributed by atoms with Gasteiger partial charge in [-0.3, -0.25) is 0 Å². The summed E-state index contributed by atoms with van der Waals surface area (Å²) < 4.78 is 18.1. The van der Waals surface area contributed by atoms with Crippen molar-refractivity contribution in [2.24, 2.45) is 11.7 Å². The Balaban J connectivity index is 0.00000256. The topological polar surface area (TPSA) is 35.2 Å². The summed E-state index contributed by atoms with van der Waals surface area (Å²) >= 11 is 0. The van der Waals surface area contributed by atoms with Gasteiger partial charge in [-0.25, -0.2) is 4.39 Å². The van der Waals surface area contributed by atoms with Gasteiger partial charge in [0.15, 0.2) is 0 Å². The molecule has 0 fully saturated rings. The van der Waals surface area contributed by atoms with Crippen LogP contribution < -0.4 is 10.5 Å². The molecule has 2 N–H and O–H groups in total. The van der Waals surface area contributed by atoms with Crippen molar-refractivity contribution in [3.8, 4) is 5.75 Å². The quantitative estimate of drug-likeness (QED) is 0.877. The molecule has 0 spiro atoms. The number of nitrogens with two attached hydrogens (primary N) is 1. The van der Waals surface area contributed by atoms with E-state index >= 15 is 0 Å². The van der Waals surface area contributed by atoms with Gasteiger partial charge in [-0.1, -0.05) is 19.9 Å². The molecule has 1 rings (SSSR count). The molecule has 0 aliphatic heterocycles. The van der Waals surface area contributed by atoms with Gasteiger partial charge >= 0.3 is 0 Å². The summed E-state index contributed by atoms with van der Waals surface area (Å²) in [6.07, 6.45) is 1.95. The van der Waals surface area contributed by atoms with Crippen LogP contribution in [-0.2, 0) is 0 Å². The zero-order chi connectivity index (χ0) is 12.1. The first kappa shape index (κ1) is 16.2. The molecule has 1 aromatic carbocycles. The Kier molecular flexibility index (Phi) is 7.16. The van der Waals surface area contributed by atoms with Crippen molar-refractivity contribution in [2.45, 2.75) is 32.7 Å². The second-order valence-corrected chi connectivity index (χ2v) is 4.46. The average molecular weight is 262 g/mol. The number of rotatable bonds is 5. The van der Waals surface area contributed by atoms with Crippen molar-refractivity contribution in [3.05, 3.63) is 29.6 Å². The summed E-state index contributed by atoms with van der Waals surface area (Å²) in [5.74, 6) is 0.866. The van der Waals surface area contributed by atoms with Crippen LogP contribution in [-0.4, -0.2) is 7.11 Å². The summed E-state index contributed by atoms with van der Waals surface area (Å²) in [6.45, 7) is 4.32. The lowest BCUT2D eigenvalue weighted by molar-refractivity contribution is 0.397. The molecule has 0 radical (unpaired) electrons. The van der Waals surface area contributed by atoms with E-state index in [2.05, 4.69) is 13.8 Å².